The van der Waals surface area contributed by atoms with E-state index in [1.54, 1.807) is 13.8 Å². The molecule has 6 unspecified atom stereocenters. The number of primary amides is 1. The minimum atomic E-state index is -1.23. The standard InChI is InChI=1S/C14H21NO5/c1-11(10(17)18)5-8-7-6-12(2,14(8,4)19-11)20-13(7,3)9(15)16/h7-8H,5-6H2,1-4H3,(H2,15,16)(H,17,18). The Morgan fingerprint density at radius 3 is 2.20 bits per heavy atom. The van der Waals surface area contributed by atoms with E-state index in [0.717, 1.165) is 0 Å². The Morgan fingerprint density at radius 2 is 1.70 bits per heavy atom. The van der Waals surface area contributed by atoms with Crippen molar-refractivity contribution in [2.24, 2.45) is 17.6 Å². The molecule has 0 aromatic carbocycles. The van der Waals surface area contributed by atoms with Crippen LogP contribution in [0.25, 0.3) is 0 Å². The summed E-state index contributed by atoms with van der Waals surface area (Å²) in [6.07, 6.45) is 1.05. The maximum absolute atomic E-state index is 11.8. The summed E-state index contributed by atoms with van der Waals surface area (Å²) in [5, 5.41) is 9.40. The van der Waals surface area contributed by atoms with E-state index >= 15 is 0 Å². The van der Waals surface area contributed by atoms with Crippen LogP contribution in [0.4, 0.5) is 0 Å². The van der Waals surface area contributed by atoms with E-state index in [4.69, 9.17) is 15.2 Å². The molecule has 1 saturated carbocycles. The lowest BCUT2D eigenvalue weighted by molar-refractivity contribution is -0.244. The third kappa shape index (κ3) is 1.27. The monoisotopic (exact) mass is 283 g/mol. The van der Waals surface area contributed by atoms with E-state index in [0.29, 0.717) is 12.8 Å². The molecule has 0 spiro atoms. The summed E-state index contributed by atoms with van der Waals surface area (Å²) in [5.74, 6) is -1.61. The molecule has 0 aromatic heterocycles. The molecule has 6 atom stereocenters. The number of ether oxygens (including phenoxy) is 2. The van der Waals surface area contributed by atoms with Crippen LogP contribution in [-0.4, -0.2) is 39.4 Å². The van der Waals surface area contributed by atoms with Gasteiger partial charge in [-0.15, -0.1) is 0 Å². The normalized spacial score (nSPS) is 56.8. The van der Waals surface area contributed by atoms with Crippen LogP contribution in [0.15, 0.2) is 0 Å². The summed E-state index contributed by atoms with van der Waals surface area (Å²) < 4.78 is 11.9. The zero-order chi connectivity index (χ0) is 15.1. The average molecular weight is 283 g/mol. The molecule has 3 fully saturated rings. The highest BCUT2D eigenvalue weighted by atomic mass is 16.6. The van der Waals surface area contributed by atoms with Crippen LogP contribution in [-0.2, 0) is 19.1 Å². The second-order valence-corrected chi connectivity index (χ2v) is 7.17. The fourth-order valence-corrected chi connectivity index (χ4v) is 4.62. The number of hydrogen-bond acceptors (Lipinski definition) is 4. The van der Waals surface area contributed by atoms with Crippen LogP contribution in [0.2, 0.25) is 0 Å². The van der Waals surface area contributed by atoms with Crippen molar-refractivity contribution in [2.45, 2.75) is 62.9 Å². The molecule has 3 N–H and O–H groups in total. The van der Waals surface area contributed by atoms with Crippen LogP contribution in [0.5, 0.6) is 0 Å². The second-order valence-electron chi connectivity index (χ2n) is 7.17. The van der Waals surface area contributed by atoms with E-state index in [2.05, 4.69) is 0 Å². The first kappa shape index (κ1) is 13.8. The molecular formula is C14H21NO5. The summed E-state index contributed by atoms with van der Waals surface area (Å²) in [6, 6.07) is 0. The number of aliphatic carboxylic acids is 1. The maximum Gasteiger partial charge on any atom is 0.335 e. The topological polar surface area (TPSA) is 98.9 Å². The van der Waals surface area contributed by atoms with Crippen molar-refractivity contribution >= 4 is 11.9 Å². The van der Waals surface area contributed by atoms with E-state index in [9.17, 15) is 14.7 Å². The Labute approximate surface area is 117 Å². The van der Waals surface area contributed by atoms with Gasteiger partial charge in [-0.2, -0.15) is 0 Å². The summed E-state index contributed by atoms with van der Waals surface area (Å²) in [7, 11) is 0. The van der Waals surface area contributed by atoms with E-state index in [1.165, 1.54) is 0 Å². The van der Waals surface area contributed by atoms with Gasteiger partial charge in [0.1, 0.15) is 5.60 Å². The Morgan fingerprint density at radius 1 is 1.10 bits per heavy atom. The minimum absolute atomic E-state index is 0.0418. The lowest BCUT2D eigenvalue weighted by atomic mass is 9.72. The summed E-state index contributed by atoms with van der Waals surface area (Å²) >= 11 is 0. The first-order chi connectivity index (χ1) is 8.99. The van der Waals surface area contributed by atoms with Crippen molar-refractivity contribution in [1.29, 1.82) is 0 Å². The Balaban J connectivity index is 2.05. The van der Waals surface area contributed by atoms with Gasteiger partial charge in [0.05, 0.1) is 11.2 Å². The highest BCUT2D eigenvalue weighted by molar-refractivity contribution is 5.84. The predicted octanol–water partition coefficient (Wildman–Crippen LogP) is 0.678. The molecule has 1 amide bonds. The van der Waals surface area contributed by atoms with Crippen molar-refractivity contribution in [3.63, 3.8) is 0 Å². The quantitative estimate of drug-likeness (QED) is 0.776. The van der Waals surface area contributed by atoms with Crippen molar-refractivity contribution in [3.05, 3.63) is 0 Å². The number of hydrogen-bond donors (Lipinski definition) is 2. The number of fused-ring (bicyclic) bond motifs is 5. The van der Waals surface area contributed by atoms with Gasteiger partial charge < -0.3 is 20.3 Å². The number of nitrogens with two attached hydrogens (primary N) is 1. The minimum Gasteiger partial charge on any atom is -0.479 e. The van der Waals surface area contributed by atoms with Crippen LogP contribution in [0.1, 0.15) is 40.5 Å². The van der Waals surface area contributed by atoms with Crippen molar-refractivity contribution in [1.82, 2.24) is 0 Å². The van der Waals surface area contributed by atoms with Crippen LogP contribution < -0.4 is 5.73 Å². The Kier molecular flexibility index (Phi) is 2.32. The van der Waals surface area contributed by atoms with Gasteiger partial charge in [-0.25, -0.2) is 4.79 Å². The van der Waals surface area contributed by atoms with Gasteiger partial charge >= 0.3 is 5.97 Å². The molecule has 20 heavy (non-hydrogen) atoms. The fourth-order valence-electron chi connectivity index (χ4n) is 4.62. The zero-order valence-corrected chi connectivity index (χ0v) is 12.2. The SMILES string of the molecule is CC1(C(=O)O)CC2C3CC(C)(OC3(C)C(N)=O)C2(C)O1. The Bertz CT molecular complexity index is 522. The third-order valence-electron chi connectivity index (χ3n) is 5.99. The van der Waals surface area contributed by atoms with Crippen LogP contribution in [0, 0.1) is 11.8 Å². The molecule has 3 rings (SSSR count). The van der Waals surface area contributed by atoms with Gasteiger partial charge in [0.25, 0.3) is 0 Å². The number of carbonyl (C=O) groups excluding carboxylic acids is 1. The first-order valence-electron chi connectivity index (χ1n) is 6.92. The smallest absolute Gasteiger partial charge is 0.335 e. The number of rotatable bonds is 2. The molecule has 2 saturated heterocycles. The molecule has 2 aliphatic heterocycles. The fraction of sp³-hybridized carbons (Fsp3) is 0.857. The number of carboxylic acid groups (broad SMARTS) is 1. The van der Waals surface area contributed by atoms with Gasteiger partial charge in [-0.1, -0.05) is 0 Å². The van der Waals surface area contributed by atoms with Crippen molar-refractivity contribution in [3.8, 4) is 0 Å². The van der Waals surface area contributed by atoms with Gasteiger partial charge in [0, 0.05) is 11.8 Å². The molecule has 0 aromatic rings. The third-order valence-corrected chi connectivity index (χ3v) is 5.99. The largest absolute Gasteiger partial charge is 0.479 e. The van der Waals surface area contributed by atoms with Crippen LogP contribution >= 0.6 is 0 Å². The molecule has 0 radical (unpaired) electrons. The molecular weight excluding hydrogens is 262 g/mol. The summed E-state index contributed by atoms with van der Waals surface area (Å²) in [6.45, 7) is 7.08. The molecule has 3 aliphatic rings. The highest BCUT2D eigenvalue weighted by Gasteiger charge is 2.77. The van der Waals surface area contributed by atoms with Gasteiger partial charge in [0.15, 0.2) is 5.60 Å². The van der Waals surface area contributed by atoms with E-state index < -0.39 is 34.3 Å². The van der Waals surface area contributed by atoms with Crippen molar-refractivity contribution in [2.75, 3.05) is 0 Å². The summed E-state index contributed by atoms with van der Waals surface area (Å²) in [5.41, 5.74) is 1.87. The summed E-state index contributed by atoms with van der Waals surface area (Å²) in [4.78, 5) is 23.3. The predicted molar refractivity (Wildman–Crippen MR) is 68.8 cm³/mol. The average Bonchev–Trinajstić information content (AvgIpc) is 2.81. The van der Waals surface area contributed by atoms with Gasteiger partial charge in [-0.05, 0) is 40.5 Å². The number of carboxylic acids is 1. The number of carbonyl (C=O) groups is 2. The molecule has 1 aliphatic carbocycles. The molecule has 6 heteroatoms. The van der Waals surface area contributed by atoms with Gasteiger partial charge in [0.2, 0.25) is 5.91 Å². The van der Waals surface area contributed by atoms with Crippen LogP contribution in [0.3, 0.4) is 0 Å². The Hall–Kier alpha value is -1.14. The molecule has 6 nitrogen and oxygen atoms in total. The lowest BCUT2D eigenvalue weighted by Gasteiger charge is -2.47. The van der Waals surface area contributed by atoms with Gasteiger partial charge in [-0.3, -0.25) is 4.79 Å². The van der Waals surface area contributed by atoms with Crippen molar-refractivity contribution < 1.29 is 24.2 Å². The molecule has 2 heterocycles. The second kappa shape index (κ2) is 3.36. The molecule has 112 valence electrons. The molecule has 2 bridgehead atoms. The van der Waals surface area contributed by atoms with E-state index in [-0.39, 0.29) is 11.8 Å². The first-order valence-corrected chi connectivity index (χ1v) is 6.92. The highest BCUT2D eigenvalue weighted by Crippen LogP contribution is 2.67. The number of amides is 1. The maximum atomic E-state index is 11.8. The lowest BCUT2D eigenvalue weighted by Crippen LogP contribution is -2.61. The zero-order valence-electron chi connectivity index (χ0n) is 12.2. The van der Waals surface area contributed by atoms with E-state index in [1.807, 2.05) is 13.8 Å².